The van der Waals surface area contributed by atoms with Gasteiger partial charge < -0.3 is 10.6 Å². The normalized spacial score (nSPS) is 27.4. The third kappa shape index (κ3) is 1.61. The van der Waals surface area contributed by atoms with Crippen molar-refractivity contribution in [3.05, 3.63) is 22.7 Å². The molecule has 3 rings (SSSR count). The van der Waals surface area contributed by atoms with Gasteiger partial charge >= 0.3 is 0 Å². The van der Waals surface area contributed by atoms with E-state index in [0.29, 0.717) is 6.04 Å². The molecule has 1 aromatic carbocycles. The third-order valence-corrected chi connectivity index (χ3v) is 3.93. The Balaban J connectivity index is 2.01. The van der Waals surface area contributed by atoms with Gasteiger partial charge in [0.25, 0.3) is 0 Å². The molecule has 2 N–H and O–H groups in total. The minimum absolute atomic E-state index is 0.131. The van der Waals surface area contributed by atoms with Crippen LogP contribution in [0.15, 0.2) is 22.7 Å². The van der Waals surface area contributed by atoms with Crippen LogP contribution in [0.1, 0.15) is 19.3 Å². The van der Waals surface area contributed by atoms with Crippen LogP contribution in [-0.4, -0.2) is 11.9 Å². The van der Waals surface area contributed by atoms with Crippen molar-refractivity contribution in [2.24, 2.45) is 5.92 Å². The van der Waals surface area contributed by atoms with Gasteiger partial charge in [-0.15, -0.1) is 0 Å². The summed E-state index contributed by atoms with van der Waals surface area (Å²) in [5.74, 6) is 0.294. The Hall–Kier alpha value is -1.03. The molecular weight excluding hydrogens is 268 g/mol. The molecule has 0 bridgehead atoms. The largest absolute Gasteiger partial charge is 0.380 e. The molecule has 2 unspecified atom stereocenters. The van der Waals surface area contributed by atoms with Gasteiger partial charge in [0.2, 0.25) is 5.91 Å². The van der Waals surface area contributed by atoms with Gasteiger partial charge in [0.05, 0.1) is 17.3 Å². The Morgan fingerprint density at radius 3 is 3.00 bits per heavy atom. The van der Waals surface area contributed by atoms with E-state index in [2.05, 4.69) is 26.6 Å². The number of fused-ring (bicyclic) bond motifs is 2. The van der Waals surface area contributed by atoms with Crippen LogP contribution in [0.5, 0.6) is 0 Å². The summed E-state index contributed by atoms with van der Waals surface area (Å²) in [4.78, 5) is 12.0. The van der Waals surface area contributed by atoms with Crippen molar-refractivity contribution < 1.29 is 4.79 Å². The fourth-order valence-corrected chi connectivity index (χ4v) is 2.98. The van der Waals surface area contributed by atoms with Crippen LogP contribution >= 0.6 is 15.9 Å². The highest BCUT2D eigenvalue weighted by molar-refractivity contribution is 9.10. The SMILES string of the molecule is O=C1Nc2ccc(Br)cc2NC2CCCC12. The van der Waals surface area contributed by atoms with Crippen molar-refractivity contribution in [3.63, 3.8) is 0 Å². The lowest BCUT2D eigenvalue weighted by molar-refractivity contribution is -0.119. The monoisotopic (exact) mass is 280 g/mol. The molecule has 1 fully saturated rings. The highest BCUT2D eigenvalue weighted by atomic mass is 79.9. The number of anilines is 2. The van der Waals surface area contributed by atoms with Crippen molar-refractivity contribution in [2.75, 3.05) is 10.6 Å². The maximum Gasteiger partial charge on any atom is 0.229 e. The second-order valence-electron chi connectivity index (χ2n) is 4.47. The number of carbonyl (C=O) groups is 1. The summed E-state index contributed by atoms with van der Waals surface area (Å²) >= 11 is 3.45. The van der Waals surface area contributed by atoms with E-state index < -0.39 is 0 Å². The van der Waals surface area contributed by atoms with E-state index in [1.807, 2.05) is 18.2 Å². The molecular formula is C12H13BrN2O. The van der Waals surface area contributed by atoms with Gasteiger partial charge in [0, 0.05) is 10.5 Å². The first kappa shape index (κ1) is 10.1. The molecule has 1 aliphatic heterocycles. The zero-order valence-electron chi connectivity index (χ0n) is 8.79. The zero-order valence-corrected chi connectivity index (χ0v) is 10.4. The van der Waals surface area contributed by atoms with Gasteiger partial charge in [-0.05, 0) is 31.0 Å². The molecule has 0 spiro atoms. The molecule has 4 heteroatoms. The van der Waals surface area contributed by atoms with E-state index in [1.165, 1.54) is 0 Å². The van der Waals surface area contributed by atoms with E-state index >= 15 is 0 Å². The van der Waals surface area contributed by atoms with Crippen molar-refractivity contribution in [1.29, 1.82) is 0 Å². The van der Waals surface area contributed by atoms with E-state index in [1.54, 1.807) is 0 Å². The third-order valence-electron chi connectivity index (χ3n) is 3.43. The summed E-state index contributed by atoms with van der Waals surface area (Å²) in [5, 5.41) is 6.48. The molecule has 2 atom stereocenters. The number of hydrogen-bond donors (Lipinski definition) is 2. The average Bonchev–Trinajstić information content (AvgIpc) is 2.65. The molecule has 1 amide bonds. The van der Waals surface area contributed by atoms with E-state index in [9.17, 15) is 4.79 Å². The summed E-state index contributed by atoms with van der Waals surface area (Å²) in [6, 6.07) is 6.21. The lowest BCUT2D eigenvalue weighted by atomic mass is 10.0. The van der Waals surface area contributed by atoms with Crippen LogP contribution < -0.4 is 10.6 Å². The molecule has 3 nitrogen and oxygen atoms in total. The molecule has 1 aromatic rings. The van der Waals surface area contributed by atoms with Gasteiger partial charge in [-0.3, -0.25) is 4.79 Å². The summed E-state index contributed by atoms with van der Waals surface area (Å²) in [5.41, 5.74) is 1.92. The van der Waals surface area contributed by atoms with Crippen molar-refractivity contribution in [3.8, 4) is 0 Å². The Labute approximate surface area is 103 Å². The van der Waals surface area contributed by atoms with Crippen LogP contribution in [0.3, 0.4) is 0 Å². The second kappa shape index (κ2) is 3.77. The molecule has 1 aliphatic carbocycles. The van der Waals surface area contributed by atoms with Crippen molar-refractivity contribution in [2.45, 2.75) is 25.3 Å². The lowest BCUT2D eigenvalue weighted by Crippen LogP contribution is -2.30. The molecule has 16 heavy (non-hydrogen) atoms. The number of benzene rings is 1. The minimum Gasteiger partial charge on any atom is -0.380 e. The van der Waals surface area contributed by atoms with Crippen molar-refractivity contribution in [1.82, 2.24) is 0 Å². The van der Waals surface area contributed by atoms with E-state index in [4.69, 9.17) is 0 Å². The summed E-state index contributed by atoms with van der Waals surface area (Å²) in [7, 11) is 0. The first-order valence-electron chi connectivity index (χ1n) is 5.61. The molecule has 0 radical (unpaired) electrons. The number of carbonyl (C=O) groups excluding carboxylic acids is 1. The number of nitrogens with one attached hydrogen (secondary N) is 2. The molecule has 1 heterocycles. The Morgan fingerprint density at radius 2 is 2.12 bits per heavy atom. The number of rotatable bonds is 0. The van der Waals surface area contributed by atoms with Gasteiger partial charge in [0.1, 0.15) is 0 Å². The fourth-order valence-electron chi connectivity index (χ4n) is 2.62. The molecule has 0 saturated heterocycles. The van der Waals surface area contributed by atoms with E-state index in [-0.39, 0.29) is 11.8 Å². The fraction of sp³-hybridized carbons (Fsp3) is 0.417. The molecule has 0 aromatic heterocycles. The first-order chi connectivity index (χ1) is 7.74. The predicted molar refractivity (Wildman–Crippen MR) is 67.5 cm³/mol. The topological polar surface area (TPSA) is 41.1 Å². The molecule has 1 saturated carbocycles. The van der Waals surface area contributed by atoms with Gasteiger partial charge in [-0.2, -0.15) is 0 Å². The van der Waals surface area contributed by atoms with Crippen molar-refractivity contribution >= 4 is 33.2 Å². The number of amides is 1. The van der Waals surface area contributed by atoms with Gasteiger partial charge in [-0.25, -0.2) is 0 Å². The zero-order chi connectivity index (χ0) is 11.1. The summed E-state index contributed by atoms with van der Waals surface area (Å²) < 4.78 is 1.03. The highest BCUT2D eigenvalue weighted by Crippen LogP contribution is 2.36. The highest BCUT2D eigenvalue weighted by Gasteiger charge is 2.35. The van der Waals surface area contributed by atoms with E-state index in [0.717, 1.165) is 35.1 Å². The Bertz CT molecular complexity index is 447. The standard InChI is InChI=1S/C12H13BrN2O/c13-7-4-5-10-11(6-7)14-9-3-1-2-8(9)12(16)15-10/h4-6,8-9,14H,1-3H2,(H,15,16). The van der Waals surface area contributed by atoms with Gasteiger partial charge in [0.15, 0.2) is 0 Å². The minimum atomic E-state index is 0.131. The number of hydrogen-bond acceptors (Lipinski definition) is 2. The first-order valence-corrected chi connectivity index (χ1v) is 6.40. The molecule has 2 aliphatic rings. The Kier molecular flexibility index (Phi) is 2.39. The summed E-state index contributed by atoms with van der Waals surface area (Å²) in [6.07, 6.45) is 3.22. The predicted octanol–water partition coefficient (Wildman–Crippen LogP) is 2.98. The van der Waals surface area contributed by atoms with Crippen LogP contribution in [0.25, 0.3) is 0 Å². The quantitative estimate of drug-likeness (QED) is 0.767. The summed E-state index contributed by atoms with van der Waals surface area (Å²) in [6.45, 7) is 0. The van der Waals surface area contributed by atoms with Crippen LogP contribution in [-0.2, 0) is 4.79 Å². The van der Waals surface area contributed by atoms with Crippen LogP contribution in [0.2, 0.25) is 0 Å². The van der Waals surface area contributed by atoms with Gasteiger partial charge in [-0.1, -0.05) is 22.4 Å². The number of halogens is 1. The van der Waals surface area contributed by atoms with Crippen LogP contribution in [0.4, 0.5) is 11.4 Å². The molecule has 84 valence electrons. The average molecular weight is 281 g/mol. The van der Waals surface area contributed by atoms with Crippen LogP contribution in [0, 0.1) is 5.92 Å². The lowest BCUT2D eigenvalue weighted by Gasteiger charge is -2.16. The maximum atomic E-state index is 12.0. The smallest absolute Gasteiger partial charge is 0.229 e. The maximum absolute atomic E-state index is 12.0. The Morgan fingerprint density at radius 1 is 1.25 bits per heavy atom. The second-order valence-corrected chi connectivity index (χ2v) is 5.38.